The van der Waals surface area contributed by atoms with Gasteiger partial charge in [-0.1, -0.05) is 43.5 Å². The standard InChI is InChI=1S/C17H21ClN4O/c1-2-3-4-10-19-16(23)15-9-11-20-17(22-15)21-12-13-5-7-14(18)8-6-13/h5-9,11H,2-4,10,12H2,1H3,(H,19,23)(H,20,21,22). The highest BCUT2D eigenvalue weighted by molar-refractivity contribution is 6.30. The van der Waals surface area contributed by atoms with Gasteiger partial charge in [0.15, 0.2) is 0 Å². The predicted octanol–water partition coefficient (Wildman–Crippen LogP) is 3.66. The number of carbonyl (C=O) groups is 1. The molecule has 1 aromatic heterocycles. The number of halogens is 1. The van der Waals surface area contributed by atoms with Crippen molar-refractivity contribution in [2.75, 3.05) is 11.9 Å². The summed E-state index contributed by atoms with van der Waals surface area (Å²) in [5, 5.41) is 6.68. The lowest BCUT2D eigenvalue weighted by atomic mass is 10.2. The Morgan fingerprint density at radius 3 is 2.70 bits per heavy atom. The Balaban J connectivity index is 1.88. The van der Waals surface area contributed by atoms with Gasteiger partial charge in [0.05, 0.1) is 0 Å². The van der Waals surface area contributed by atoms with Gasteiger partial charge in [-0.3, -0.25) is 4.79 Å². The summed E-state index contributed by atoms with van der Waals surface area (Å²) in [5.41, 5.74) is 1.43. The molecule has 2 rings (SSSR count). The summed E-state index contributed by atoms with van der Waals surface area (Å²) in [6, 6.07) is 9.14. The molecule has 0 aliphatic rings. The first-order valence-corrected chi connectivity index (χ1v) is 8.16. The minimum Gasteiger partial charge on any atom is -0.351 e. The van der Waals surface area contributed by atoms with E-state index in [1.807, 2.05) is 24.3 Å². The second kappa shape index (κ2) is 9.10. The van der Waals surface area contributed by atoms with Gasteiger partial charge < -0.3 is 10.6 Å². The second-order valence-electron chi connectivity index (χ2n) is 5.21. The second-order valence-corrected chi connectivity index (χ2v) is 5.64. The van der Waals surface area contributed by atoms with E-state index < -0.39 is 0 Å². The smallest absolute Gasteiger partial charge is 0.270 e. The molecule has 0 radical (unpaired) electrons. The van der Waals surface area contributed by atoms with Crippen LogP contribution in [0.3, 0.4) is 0 Å². The molecular weight excluding hydrogens is 312 g/mol. The molecule has 2 aromatic rings. The molecule has 0 bridgehead atoms. The first kappa shape index (κ1) is 17.2. The first-order valence-electron chi connectivity index (χ1n) is 7.78. The molecule has 23 heavy (non-hydrogen) atoms. The maximum Gasteiger partial charge on any atom is 0.270 e. The highest BCUT2D eigenvalue weighted by Crippen LogP contribution is 2.10. The minimum absolute atomic E-state index is 0.168. The Bertz CT molecular complexity index is 631. The summed E-state index contributed by atoms with van der Waals surface area (Å²) in [6.45, 7) is 3.37. The SMILES string of the molecule is CCCCCNC(=O)c1ccnc(NCc2ccc(Cl)cc2)n1. The Hall–Kier alpha value is -2.14. The quantitative estimate of drug-likeness (QED) is 0.724. The number of benzene rings is 1. The fraction of sp³-hybridized carbons (Fsp3) is 0.353. The van der Waals surface area contributed by atoms with Crippen LogP contribution in [0.4, 0.5) is 5.95 Å². The number of anilines is 1. The van der Waals surface area contributed by atoms with Crippen LogP contribution in [0.25, 0.3) is 0 Å². The van der Waals surface area contributed by atoms with Gasteiger partial charge in [0.1, 0.15) is 5.69 Å². The van der Waals surface area contributed by atoms with Gasteiger partial charge in [-0.25, -0.2) is 9.97 Å². The number of hydrogen-bond donors (Lipinski definition) is 2. The summed E-state index contributed by atoms with van der Waals surface area (Å²) in [4.78, 5) is 20.4. The lowest BCUT2D eigenvalue weighted by molar-refractivity contribution is 0.0948. The zero-order chi connectivity index (χ0) is 16.5. The maximum atomic E-state index is 12.0. The van der Waals surface area contributed by atoms with Gasteiger partial charge in [-0.05, 0) is 30.2 Å². The molecule has 1 amide bonds. The summed E-state index contributed by atoms with van der Waals surface area (Å²) < 4.78 is 0. The molecular formula is C17H21ClN4O. The zero-order valence-electron chi connectivity index (χ0n) is 13.2. The molecule has 122 valence electrons. The van der Waals surface area contributed by atoms with E-state index in [0.717, 1.165) is 24.8 Å². The molecule has 0 atom stereocenters. The number of amides is 1. The molecule has 0 saturated carbocycles. The van der Waals surface area contributed by atoms with E-state index in [0.29, 0.717) is 29.8 Å². The normalized spacial score (nSPS) is 10.3. The van der Waals surface area contributed by atoms with Crippen molar-refractivity contribution in [2.24, 2.45) is 0 Å². The lowest BCUT2D eigenvalue weighted by Gasteiger charge is -2.07. The molecule has 0 saturated heterocycles. The number of nitrogens with one attached hydrogen (secondary N) is 2. The van der Waals surface area contributed by atoms with Gasteiger partial charge in [-0.2, -0.15) is 0 Å². The van der Waals surface area contributed by atoms with E-state index in [9.17, 15) is 4.79 Å². The van der Waals surface area contributed by atoms with Crippen molar-refractivity contribution in [3.8, 4) is 0 Å². The van der Waals surface area contributed by atoms with Gasteiger partial charge in [0.25, 0.3) is 5.91 Å². The number of nitrogens with zero attached hydrogens (tertiary/aromatic N) is 2. The van der Waals surface area contributed by atoms with Gasteiger partial charge in [0, 0.05) is 24.3 Å². The summed E-state index contributed by atoms with van der Waals surface area (Å²) in [5.74, 6) is 0.263. The highest BCUT2D eigenvalue weighted by Gasteiger charge is 2.08. The topological polar surface area (TPSA) is 66.9 Å². The molecule has 0 spiro atoms. The van der Waals surface area contributed by atoms with Crippen LogP contribution in [0.5, 0.6) is 0 Å². The van der Waals surface area contributed by atoms with Crippen molar-refractivity contribution in [1.29, 1.82) is 0 Å². The largest absolute Gasteiger partial charge is 0.351 e. The lowest BCUT2D eigenvalue weighted by Crippen LogP contribution is -2.25. The average Bonchev–Trinajstić information content (AvgIpc) is 2.58. The van der Waals surface area contributed by atoms with Crippen LogP contribution in [0.15, 0.2) is 36.5 Å². The van der Waals surface area contributed by atoms with E-state index in [-0.39, 0.29) is 5.91 Å². The van der Waals surface area contributed by atoms with Crippen molar-refractivity contribution in [1.82, 2.24) is 15.3 Å². The molecule has 1 heterocycles. The number of unbranched alkanes of at least 4 members (excludes halogenated alkanes) is 2. The summed E-state index contributed by atoms with van der Waals surface area (Å²) in [6.07, 6.45) is 4.80. The van der Waals surface area contributed by atoms with Crippen molar-refractivity contribution >= 4 is 23.5 Å². The van der Waals surface area contributed by atoms with E-state index in [2.05, 4.69) is 27.5 Å². The number of rotatable bonds is 8. The minimum atomic E-state index is -0.168. The van der Waals surface area contributed by atoms with Crippen molar-refractivity contribution < 1.29 is 4.79 Å². The number of hydrogen-bond acceptors (Lipinski definition) is 4. The van der Waals surface area contributed by atoms with Gasteiger partial charge in [0.2, 0.25) is 5.95 Å². The molecule has 0 unspecified atom stereocenters. The monoisotopic (exact) mass is 332 g/mol. The van der Waals surface area contributed by atoms with Crippen molar-refractivity contribution in [3.63, 3.8) is 0 Å². The van der Waals surface area contributed by atoms with E-state index >= 15 is 0 Å². The molecule has 0 aliphatic heterocycles. The summed E-state index contributed by atoms with van der Waals surface area (Å²) >= 11 is 5.86. The maximum absolute atomic E-state index is 12.0. The number of carbonyl (C=O) groups excluding carboxylic acids is 1. The zero-order valence-corrected chi connectivity index (χ0v) is 13.9. The fourth-order valence-electron chi connectivity index (χ4n) is 2.02. The third-order valence-electron chi connectivity index (χ3n) is 3.32. The molecule has 6 heteroatoms. The first-order chi connectivity index (χ1) is 11.2. The Morgan fingerprint density at radius 2 is 1.96 bits per heavy atom. The van der Waals surface area contributed by atoms with E-state index in [1.165, 1.54) is 0 Å². The molecule has 0 fully saturated rings. The third kappa shape index (κ3) is 5.87. The Labute approximate surface area is 141 Å². The van der Waals surface area contributed by atoms with Crippen LogP contribution in [0.1, 0.15) is 42.2 Å². The number of aromatic nitrogens is 2. The van der Waals surface area contributed by atoms with Crippen LogP contribution in [0, 0.1) is 0 Å². The summed E-state index contributed by atoms with van der Waals surface area (Å²) in [7, 11) is 0. The van der Waals surface area contributed by atoms with Crippen molar-refractivity contribution in [3.05, 3.63) is 52.8 Å². The van der Waals surface area contributed by atoms with Crippen LogP contribution < -0.4 is 10.6 Å². The Morgan fingerprint density at radius 1 is 1.17 bits per heavy atom. The molecule has 1 aromatic carbocycles. The predicted molar refractivity (Wildman–Crippen MR) is 92.7 cm³/mol. The van der Waals surface area contributed by atoms with E-state index in [4.69, 9.17) is 11.6 Å². The molecule has 5 nitrogen and oxygen atoms in total. The highest BCUT2D eigenvalue weighted by atomic mass is 35.5. The average molecular weight is 333 g/mol. The van der Waals surface area contributed by atoms with Crippen LogP contribution in [0.2, 0.25) is 5.02 Å². The molecule has 0 aliphatic carbocycles. The third-order valence-corrected chi connectivity index (χ3v) is 3.57. The Kier molecular flexibility index (Phi) is 6.81. The van der Waals surface area contributed by atoms with Crippen LogP contribution in [-0.4, -0.2) is 22.4 Å². The molecule has 2 N–H and O–H groups in total. The van der Waals surface area contributed by atoms with Crippen LogP contribution >= 0.6 is 11.6 Å². The van der Waals surface area contributed by atoms with Gasteiger partial charge >= 0.3 is 0 Å². The van der Waals surface area contributed by atoms with Gasteiger partial charge in [-0.15, -0.1) is 0 Å². The van der Waals surface area contributed by atoms with Crippen molar-refractivity contribution in [2.45, 2.75) is 32.7 Å². The fourth-order valence-corrected chi connectivity index (χ4v) is 2.15. The van der Waals surface area contributed by atoms with Crippen LogP contribution in [-0.2, 0) is 6.54 Å². The van der Waals surface area contributed by atoms with E-state index in [1.54, 1.807) is 12.3 Å².